The molecule has 1 aromatic heterocycles. The number of benzene rings is 1. The summed E-state index contributed by atoms with van der Waals surface area (Å²) < 4.78 is 34.3. The molecule has 22 heavy (non-hydrogen) atoms. The lowest BCUT2D eigenvalue weighted by molar-refractivity contribution is -0.0351. The zero-order valence-electron chi connectivity index (χ0n) is 12.1. The zero-order chi connectivity index (χ0) is 15.7. The molecule has 3 rings (SSSR count). The smallest absolute Gasteiger partial charge is 0.131 e. The van der Waals surface area contributed by atoms with Crippen LogP contribution in [0.2, 0.25) is 5.02 Å². The van der Waals surface area contributed by atoms with E-state index in [-0.39, 0.29) is 0 Å². The summed E-state index contributed by atoms with van der Waals surface area (Å²) in [6, 6.07) is 3.57. The van der Waals surface area contributed by atoms with Crippen molar-refractivity contribution in [2.45, 2.75) is 12.6 Å². The van der Waals surface area contributed by atoms with Crippen molar-refractivity contribution in [3.05, 3.63) is 52.3 Å². The Morgan fingerprint density at radius 2 is 2.23 bits per heavy atom. The highest BCUT2D eigenvalue weighted by molar-refractivity contribution is 6.31. The number of aromatic nitrogens is 2. The van der Waals surface area contributed by atoms with Crippen molar-refractivity contribution >= 4 is 11.6 Å². The van der Waals surface area contributed by atoms with Gasteiger partial charge in [0.25, 0.3) is 0 Å². The molecule has 0 saturated carbocycles. The van der Waals surface area contributed by atoms with Crippen LogP contribution >= 0.6 is 11.6 Å². The van der Waals surface area contributed by atoms with Gasteiger partial charge < -0.3 is 4.74 Å². The predicted molar refractivity (Wildman–Crippen MR) is 78.5 cm³/mol. The predicted octanol–water partition coefficient (Wildman–Crippen LogP) is 2.93. The molecule has 0 aliphatic carbocycles. The van der Waals surface area contributed by atoms with E-state index in [2.05, 4.69) is 10.00 Å². The quantitative estimate of drug-likeness (QED) is 0.868. The lowest BCUT2D eigenvalue weighted by atomic mass is 10.1. The Balaban J connectivity index is 1.74. The Morgan fingerprint density at radius 3 is 2.91 bits per heavy atom. The molecular formula is C15H16ClF2N3O. The first-order chi connectivity index (χ1) is 10.5. The summed E-state index contributed by atoms with van der Waals surface area (Å²) >= 11 is 6.12. The van der Waals surface area contributed by atoms with Gasteiger partial charge in [-0.15, -0.1) is 0 Å². The van der Waals surface area contributed by atoms with Crippen LogP contribution < -0.4 is 0 Å². The molecule has 1 saturated heterocycles. The number of aryl methyl sites for hydroxylation is 1. The maximum absolute atomic E-state index is 13.9. The van der Waals surface area contributed by atoms with E-state index in [1.807, 2.05) is 7.05 Å². The topological polar surface area (TPSA) is 30.3 Å². The van der Waals surface area contributed by atoms with Gasteiger partial charge in [0.2, 0.25) is 0 Å². The molecule has 1 atom stereocenters. The van der Waals surface area contributed by atoms with Gasteiger partial charge in [0.15, 0.2) is 0 Å². The van der Waals surface area contributed by atoms with Crippen LogP contribution in [0.5, 0.6) is 0 Å². The van der Waals surface area contributed by atoms with Crippen molar-refractivity contribution < 1.29 is 13.5 Å². The van der Waals surface area contributed by atoms with E-state index >= 15 is 0 Å². The van der Waals surface area contributed by atoms with Crippen LogP contribution in [0, 0.1) is 11.6 Å². The van der Waals surface area contributed by atoms with Crippen molar-refractivity contribution in [3.8, 4) is 0 Å². The first-order valence-corrected chi connectivity index (χ1v) is 7.37. The summed E-state index contributed by atoms with van der Waals surface area (Å²) in [6.07, 6.45) is 1.19. The Labute approximate surface area is 132 Å². The minimum absolute atomic E-state index is 0.377. The van der Waals surface area contributed by atoms with E-state index in [9.17, 15) is 8.78 Å². The highest BCUT2D eigenvalue weighted by atomic mass is 35.5. The second-order valence-electron chi connectivity index (χ2n) is 5.32. The molecule has 1 unspecified atom stereocenters. The number of halogens is 3. The summed E-state index contributed by atoms with van der Waals surface area (Å²) in [4.78, 5) is 2.12. The van der Waals surface area contributed by atoms with E-state index in [0.29, 0.717) is 30.3 Å². The lowest BCUT2D eigenvalue weighted by Gasteiger charge is -2.33. The largest absolute Gasteiger partial charge is 0.371 e. The highest BCUT2D eigenvalue weighted by Gasteiger charge is 2.25. The van der Waals surface area contributed by atoms with Crippen molar-refractivity contribution in [1.82, 2.24) is 14.7 Å². The first kappa shape index (κ1) is 15.4. The van der Waals surface area contributed by atoms with Crippen molar-refractivity contribution in [2.75, 3.05) is 19.7 Å². The second kappa shape index (κ2) is 6.32. The third-order valence-corrected chi connectivity index (χ3v) is 4.16. The number of hydrogen-bond donors (Lipinski definition) is 0. The number of ether oxygens (including phenoxy) is 1. The zero-order valence-corrected chi connectivity index (χ0v) is 12.9. The molecule has 1 aliphatic heterocycles. The van der Waals surface area contributed by atoms with Crippen molar-refractivity contribution in [2.24, 2.45) is 7.05 Å². The van der Waals surface area contributed by atoms with E-state index in [1.165, 1.54) is 12.1 Å². The normalized spacial score (nSPS) is 19.5. The third kappa shape index (κ3) is 3.14. The summed E-state index contributed by atoms with van der Waals surface area (Å²) in [5.41, 5.74) is 1.28. The van der Waals surface area contributed by atoms with Crippen LogP contribution in [0.15, 0.2) is 24.4 Å². The SMILES string of the molecule is Cn1ncc(Cl)c1CN1CCOC(c2ccc(F)cc2F)C1. The molecule has 1 aromatic carbocycles. The Bertz CT molecular complexity index is 657. The molecule has 0 spiro atoms. The number of rotatable bonds is 3. The van der Waals surface area contributed by atoms with Crippen LogP contribution in [-0.4, -0.2) is 34.4 Å². The van der Waals surface area contributed by atoms with Crippen LogP contribution in [0.4, 0.5) is 8.78 Å². The van der Waals surface area contributed by atoms with Gasteiger partial charge in [-0.25, -0.2) is 8.78 Å². The Hall–Kier alpha value is -1.50. The molecule has 0 radical (unpaired) electrons. The number of hydrogen-bond acceptors (Lipinski definition) is 3. The number of morpholine rings is 1. The van der Waals surface area contributed by atoms with Gasteiger partial charge in [0, 0.05) is 38.3 Å². The Kier molecular flexibility index (Phi) is 4.42. The summed E-state index contributed by atoms with van der Waals surface area (Å²) in [6.45, 7) is 2.33. The second-order valence-corrected chi connectivity index (χ2v) is 5.73. The van der Waals surface area contributed by atoms with Gasteiger partial charge in [-0.05, 0) is 6.07 Å². The molecule has 2 heterocycles. The summed E-state index contributed by atoms with van der Waals surface area (Å²) in [7, 11) is 1.83. The van der Waals surface area contributed by atoms with Gasteiger partial charge in [-0.1, -0.05) is 17.7 Å². The molecule has 0 N–H and O–H groups in total. The summed E-state index contributed by atoms with van der Waals surface area (Å²) in [5, 5.41) is 4.72. The fourth-order valence-electron chi connectivity index (χ4n) is 2.62. The molecule has 1 fully saturated rings. The van der Waals surface area contributed by atoms with Crippen molar-refractivity contribution in [1.29, 1.82) is 0 Å². The maximum Gasteiger partial charge on any atom is 0.131 e. The van der Waals surface area contributed by atoms with Gasteiger partial charge >= 0.3 is 0 Å². The minimum Gasteiger partial charge on any atom is -0.371 e. The molecule has 4 nitrogen and oxygen atoms in total. The molecular weight excluding hydrogens is 312 g/mol. The van der Waals surface area contributed by atoms with Gasteiger partial charge in [-0.2, -0.15) is 5.10 Å². The molecule has 0 amide bonds. The molecule has 0 bridgehead atoms. The highest BCUT2D eigenvalue weighted by Crippen LogP contribution is 2.27. The Morgan fingerprint density at radius 1 is 1.41 bits per heavy atom. The van der Waals surface area contributed by atoms with Crippen molar-refractivity contribution in [3.63, 3.8) is 0 Å². The average Bonchev–Trinajstić information content (AvgIpc) is 2.79. The van der Waals surface area contributed by atoms with Gasteiger partial charge in [-0.3, -0.25) is 9.58 Å². The van der Waals surface area contributed by atoms with Crippen LogP contribution in [0.1, 0.15) is 17.4 Å². The van der Waals surface area contributed by atoms with Gasteiger partial charge in [0.1, 0.15) is 11.6 Å². The molecule has 2 aromatic rings. The monoisotopic (exact) mass is 327 g/mol. The lowest BCUT2D eigenvalue weighted by Crippen LogP contribution is -2.38. The van der Waals surface area contributed by atoms with E-state index < -0.39 is 17.7 Å². The first-order valence-electron chi connectivity index (χ1n) is 7.00. The molecule has 1 aliphatic rings. The third-order valence-electron chi connectivity index (χ3n) is 3.84. The van der Waals surface area contributed by atoms with Crippen LogP contribution in [0.25, 0.3) is 0 Å². The van der Waals surface area contributed by atoms with E-state index in [4.69, 9.17) is 16.3 Å². The maximum atomic E-state index is 13.9. The van der Waals surface area contributed by atoms with E-state index in [0.717, 1.165) is 18.3 Å². The standard InChI is InChI=1S/C15H16ClF2N3O/c1-20-14(12(16)7-19-20)8-21-4-5-22-15(9-21)11-3-2-10(17)6-13(11)18/h2-3,6-7,15H,4-5,8-9H2,1H3. The summed E-state index contributed by atoms with van der Waals surface area (Å²) in [5.74, 6) is -1.17. The number of nitrogens with zero attached hydrogens (tertiary/aromatic N) is 3. The molecule has 118 valence electrons. The fraction of sp³-hybridized carbons (Fsp3) is 0.400. The fourth-order valence-corrected chi connectivity index (χ4v) is 2.85. The minimum atomic E-state index is -0.587. The van der Waals surface area contributed by atoms with Gasteiger partial charge in [0.05, 0.1) is 29.6 Å². The van der Waals surface area contributed by atoms with E-state index in [1.54, 1.807) is 10.9 Å². The van der Waals surface area contributed by atoms with Crippen LogP contribution in [0.3, 0.4) is 0 Å². The average molecular weight is 328 g/mol. The molecule has 7 heteroatoms. The van der Waals surface area contributed by atoms with Crippen LogP contribution in [-0.2, 0) is 18.3 Å².